The lowest BCUT2D eigenvalue weighted by Gasteiger charge is -2.35. The first kappa shape index (κ1) is 24.0. The van der Waals surface area contributed by atoms with Crippen LogP contribution in [0.4, 0.5) is 11.5 Å². The number of fused-ring (bicyclic) bond motifs is 1. The molecule has 3 aromatic heterocycles. The van der Waals surface area contributed by atoms with Gasteiger partial charge in [-0.25, -0.2) is 9.97 Å². The zero-order valence-corrected chi connectivity index (χ0v) is 21.0. The van der Waals surface area contributed by atoms with Crippen molar-refractivity contribution in [3.05, 3.63) is 54.4 Å². The zero-order valence-electron chi connectivity index (χ0n) is 20.2. The van der Waals surface area contributed by atoms with E-state index < -0.39 is 0 Å². The minimum absolute atomic E-state index is 0.157. The van der Waals surface area contributed by atoms with Gasteiger partial charge >= 0.3 is 6.01 Å². The van der Waals surface area contributed by atoms with Crippen LogP contribution in [0.2, 0.25) is 0 Å². The molecule has 1 saturated heterocycles. The number of hydrogen-bond acceptors (Lipinski definition) is 10. The summed E-state index contributed by atoms with van der Waals surface area (Å²) < 4.78 is 10.5. The largest absolute Gasteiger partial charge is 0.467 e. The number of piperazine rings is 1. The SMILES string of the molecule is COCCN1CCN(c2cc(C(=O)Nc3ccccc3-c3nc4cccnc4s3)nc(OC)n2)CC1. The number of nitrogens with zero attached hydrogens (tertiary/aromatic N) is 6. The number of para-hydroxylation sites is 1. The summed E-state index contributed by atoms with van der Waals surface area (Å²) in [5.74, 6) is 0.325. The molecule has 0 bridgehead atoms. The molecule has 0 spiro atoms. The quantitative estimate of drug-likeness (QED) is 0.386. The molecule has 10 nitrogen and oxygen atoms in total. The van der Waals surface area contributed by atoms with Crippen molar-refractivity contribution in [3.63, 3.8) is 0 Å². The van der Waals surface area contributed by atoms with E-state index in [0.29, 0.717) is 18.1 Å². The Morgan fingerprint density at radius 1 is 1.06 bits per heavy atom. The summed E-state index contributed by atoms with van der Waals surface area (Å²) in [4.78, 5) is 36.5. The van der Waals surface area contributed by atoms with Crippen LogP contribution in [0.15, 0.2) is 48.7 Å². The number of benzene rings is 1. The molecular formula is C25H27N7O3S. The molecule has 0 unspecified atom stereocenters. The molecule has 4 heterocycles. The Balaban J connectivity index is 1.36. The van der Waals surface area contributed by atoms with Crippen molar-refractivity contribution in [1.82, 2.24) is 24.8 Å². The molecule has 0 aliphatic carbocycles. The number of ether oxygens (including phenoxy) is 2. The standard InChI is InChI=1S/C25H27N7O3S/c1-34-15-14-31-10-12-32(13-11-31)21-16-20(29-25(30-21)35-2)22(33)27-18-7-4-3-6-17(18)23-28-19-8-5-9-26-24(19)36-23/h3-9,16H,10-15H2,1-2H3,(H,27,33). The number of anilines is 2. The fraction of sp³-hybridized carbons (Fsp3) is 0.320. The molecule has 186 valence electrons. The van der Waals surface area contributed by atoms with E-state index in [9.17, 15) is 4.79 Å². The molecular weight excluding hydrogens is 478 g/mol. The van der Waals surface area contributed by atoms with Crippen molar-refractivity contribution in [3.8, 4) is 16.6 Å². The van der Waals surface area contributed by atoms with Gasteiger partial charge in [-0.05, 0) is 24.3 Å². The van der Waals surface area contributed by atoms with Crippen molar-refractivity contribution in [2.75, 3.05) is 63.8 Å². The number of hydrogen-bond donors (Lipinski definition) is 1. The van der Waals surface area contributed by atoms with Crippen molar-refractivity contribution in [2.24, 2.45) is 0 Å². The Hall–Kier alpha value is -3.67. The Labute approximate surface area is 212 Å². The summed E-state index contributed by atoms with van der Waals surface area (Å²) in [6, 6.07) is 13.2. The number of rotatable bonds is 8. The topological polar surface area (TPSA) is 106 Å². The molecule has 4 aromatic rings. The normalized spacial score (nSPS) is 14.2. The molecule has 0 saturated carbocycles. The number of methoxy groups -OCH3 is 2. The van der Waals surface area contributed by atoms with Crippen molar-refractivity contribution < 1.29 is 14.3 Å². The Morgan fingerprint density at radius 3 is 2.67 bits per heavy atom. The van der Waals surface area contributed by atoms with Crippen LogP contribution >= 0.6 is 11.3 Å². The number of pyridine rings is 1. The van der Waals surface area contributed by atoms with Crippen LogP contribution in [0, 0.1) is 0 Å². The Morgan fingerprint density at radius 2 is 1.89 bits per heavy atom. The number of nitrogens with one attached hydrogen (secondary N) is 1. The summed E-state index contributed by atoms with van der Waals surface area (Å²) in [5.41, 5.74) is 2.53. The first-order valence-corrected chi connectivity index (χ1v) is 12.5. The predicted octanol–water partition coefficient (Wildman–Crippen LogP) is 3.18. The molecule has 5 rings (SSSR count). The van der Waals surface area contributed by atoms with E-state index in [-0.39, 0.29) is 17.6 Å². The van der Waals surface area contributed by atoms with E-state index in [0.717, 1.165) is 53.6 Å². The highest BCUT2D eigenvalue weighted by Gasteiger charge is 2.22. The van der Waals surface area contributed by atoms with Crippen LogP contribution in [0.5, 0.6) is 6.01 Å². The van der Waals surface area contributed by atoms with Gasteiger partial charge in [-0.15, -0.1) is 0 Å². The molecule has 0 radical (unpaired) electrons. The monoisotopic (exact) mass is 505 g/mol. The fourth-order valence-corrected chi connectivity index (χ4v) is 5.00. The highest BCUT2D eigenvalue weighted by atomic mass is 32.1. The smallest absolute Gasteiger partial charge is 0.318 e. The summed E-state index contributed by atoms with van der Waals surface area (Å²) in [7, 11) is 3.21. The van der Waals surface area contributed by atoms with Gasteiger partial charge in [-0.1, -0.05) is 23.5 Å². The lowest BCUT2D eigenvalue weighted by molar-refractivity contribution is 0.102. The number of carbonyl (C=O) groups is 1. The summed E-state index contributed by atoms with van der Waals surface area (Å²) in [6.07, 6.45) is 1.75. The van der Waals surface area contributed by atoms with Crippen molar-refractivity contribution >= 4 is 39.1 Å². The molecule has 0 atom stereocenters. The van der Waals surface area contributed by atoms with Gasteiger partial charge in [0.1, 0.15) is 26.9 Å². The zero-order chi connectivity index (χ0) is 24.9. The average Bonchev–Trinajstić information content (AvgIpc) is 3.36. The van der Waals surface area contributed by atoms with E-state index in [2.05, 4.69) is 30.1 Å². The van der Waals surface area contributed by atoms with Crippen LogP contribution < -0.4 is 15.0 Å². The lowest BCUT2D eigenvalue weighted by atomic mass is 10.2. The Bertz CT molecular complexity index is 1320. The van der Waals surface area contributed by atoms with Gasteiger partial charge in [0.25, 0.3) is 5.91 Å². The van der Waals surface area contributed by atoms with Gasteiger partial charge in [-0.3, -0.25) is 9.69 Å². The number of carbonyl (C=O) groups excluding carboxylic acids is 1. The molecule has 1 aliphatic rings. The highest BCUT2D eigenvalue weighted by molar-refractivity contribution is 7.21. The van der Waals surface area contributed by atoms with Crippen LogP contribution in [0.1, 0.15) is 10.5 Å². The molecule has 1 aliphatic heterocycles. The molecule has 36 heavy (non-hydrogen) atoms. The number of aromatic nitrogens is 4. The van der Waals surface area contributed by atoms with Crippen molar-refractivity contribution in [1.29, 1.82) is 0 Å². The second kappa shape index (κ2) is 10.9. The third-order valence-corrected chi connectivity index (χ3v) is 7.00. The number of amides is 1. The van der Waals surface area contributed by atoms with Gasteiger partial charge in [0.2, 0.25) is 0 Å². The van der Waals surface area contributed by atoms with Crippen LogP contribution in [-0.4, -0.2) is 84.3 Å². The highest BCUT2D eigenvalue weighted by Crippen LogP contribution is 2.34. The second-order valence-corrected chi connectivity index (χ2v) is 9.24. The van der Waals surface area contributed by atoms with Crippen molar-refractivity contribution in [2.45, 2.75) is 0 Å². The molecule has 11 heteroatoms. The Kier molecular flexibility index (Phi) is 7.31. The van der Waals surface area contributed by atoms with Gasteiger partial charge in [0.15, 0.2) is 0 Å². The molecule has 1 amide bonds. The second-order valence-electron chi connectivity index (χ2n) is 8.27. The maximum Gasteiger partial charge on any atom is 0.318 e. The maximum atomic E-state index is 13.3. The summed E-state index contributed by atoms with van der Waals surface area (Å²) >= 11 is 1.48. The molecule has 1 aromatic carbocycles. The third-order valence-electron chi connectivity index (χ3n) is 5.99. The van der Waals surface area contributed by atoms with Gasteiger partial charge in [0, 0.05) is 57.7 Å². The summed E-state index contributed by atoms with van der Waals surface area (Å²) in [5, 5.41) is 3.79. The third kappa shape index (κ3) is 5.27. The van der Waals surface area contributed by atoms with E-state index in [4.69, 9.17) is 14.5 Å². The molecule has 1 fully saturated rings. The van der Waals surface area contributed by atoms with E-state index >= 15 is 0 Å². The molecule has 1 N–H and O–H groups in total. The van der Waals surface area contributed by atoms with Gasteiger partial charge < -0.3 is 19.7 Å². The maximum absolute atomic E-state index is 13.3. The lowest BCUT2D eigenvalue weighted by Crippen LogP contribution is -2.47. The number of thiazole rings is 1. The van der Waals surface area contributed by atoms with Crippen LogP contribution in [0.3, 0.4) is 0 Å². The predicted molar refractivity (Wildman–Crippen MR) is 140 cm³/mol. The van der Waals surface area contributed by atoms with E-state index in [1.54, 1.807) is 19.4 Å². The first-order valence-electron chi connectivity index (χ1n) is 11.7. The van der Waals surface area contributed by atoms with Crippen LogP contribution in [-0.2, 0) is 4.74 Å². The van der Waals surface area contributed by atoms with Gasteiger partial charge in [0.05, 0.1) is 19.4 Å². The minimum Gasteiger partial charge on any atom is -0.467 e. The van der Waals surface area contributed by atoms with E-state index in [1.165, 1.54) is 18.4 Å². The summed E-state index contributed by atoms with van der Waals surface area (Å²) in [6.45, 7) is 4.97. The average molecular weight is 506 g/mol. The fourth-order valence-electron chi connectivity index (χ4n) is 4.05. The van der Waals surface area contributed by atoms with E-state index in [1.807, 2.05) is 36.4 Å². The van der Waals surface area contributed by atoms with Crippen LogP contribution in [0.25, 0.3) is 20.9 Å². The minimum atomic E-state index is -0.345. The first-order chi connectivity index (χ1) is 17.6. The van der Waals surface area contributed by atoms with Gasteiger partial charge in [-0.2, -0.15) is 9.97 Å².